The first-order chi connectivity index (χ1) is 13.9. The normalized spacial score (nSPS) is 11.9. The van der Waals surface area contributed by atoms with Gasteiger partial charge in [0.2, 0.25) is 5.91 Å². The molecule has 0 aliphatic carbocycles. The Morgan fingerprint density at radius 1 is 1.07 bits per heavy atom. The average Bonchev–Trinajstić information content (AvgIpc) is 3.13. The van der Waals surface area contributed by atoms with E-state index in [1.165, 1.54) is 30.0 Å². The molecule has 6 nitrogen and oxygen atoms in total. The molecular formula is C21H21N3O3S2. The zero-order valence-corrected chi connectivity index (χ0v) is 17.9. The number of thioether (sulfide) groups is 1. The van der Waals surface area contributed by atoms with Crippen molar-refractivity contribution in [1.82, 2.24) is 10.2 Å². The molecule has 3 aromatic rings. The number of ether oxygens (including phenoxy) is 1. The molecule has 1 heterocycles. The van der Waals surface area contributed by atoms with Crippen LogP contribution >= 0.6 is 23.1 Å². The first-order valence-electron chi connectivity index (χ1n) is 9.06. The minimum Gasteiger partial charge on any atom is -0.466 e. The van der Waals surface area contributed by atoms with E-state index >= 15 is 0 Å². The number of benzene rings is 2. The average molecular weight is 428 g/mol. The number of nitrogens with one attached hydrogen (secondary N) is 1. The van der Waals surface area contributed by atoms with E-state index in [0.717, 1.165) is 5.56 Å². The van der Waals surface area contributed by atoms with Gasteiger partial charge in [0.05, 0.1) is 6.10 Å². The van der Waals surface area contributed by atoms with Crippen molar-refractivity contribution in [2.45, 2.75) is 36.5 Å². The zero-order valence-electron chi connectivity index (χ0n) is 16.3. The van der Waals surface area contributed by atoms with Gasteiger partial charge in [0, 0.05) is 11.3 Å². The highest BCUT2D eigenvalue weighted by Gasteiger charge is 2.24. The molecule has 8 heteroatoms. The number of nitrogens with zero attached hydrogens (tertiary/aromatic N) is 2. The Morgan fingerprint density at radius 2 is 1.83 bits per heavy atom. The van der Waals surface area contributed by atoms with Crippen LogP contribution in [0.15, 0.2) is 58.9 Å². The van der Waals surface area contributed by atoms with Gasteiger partial charge in [-0.25, -0.2) is 0 Å². The number of aromatic nitrogens is 2. The zero-order chi connectivity index (χ0) is 20.8. The van der Waals surface area contributed by atoms with Crippen molar-refractivity contribution in [3.05, 3.63) is 65.7 Å². The van der Waals surface area contributed by atoms with E-state index in [4.69, 9.17) is 4.74 Å². The fourth-order valence-electron chi connectivity index (χ4n) is 2.52. The van der Waals surface area contributed by atoms with E-state index in [9.17, 15) is 9.59 Å². The van der Waals surface area contributed by atoms with E-state index in [1.807, 2.05) is 44.2 Å². The lowest BCUT2D eigenvalue weighted by atomic mass is 10.1. The molecule has 1 atom stereocenters. The number of carbonyl (C=O) groups excluding carboxylic acids is 2. The number of amides is 1. The molecule has 1 aromatic heterocycles. The van der Waals surface area contributed by atoms with Crippen molar-refractivity contribution in [2.75, 3.05) is 5.32 Å². The summed E-state index contributed by atoms with van der Waals surface area (Å²) in [5.41, 5.74) is 1.97. The third-order valence-electron chi connectivity index (χ3n) is 3.82. The number of ketones is 1. The third-order valence-corrected chi connectivity index (χ3v) is 5.97. The predicted octanol–water partition coefficient (Wildman–Crippen LogP) is 5.00. The summed E-state index contributed by atoms with van der Waals surface area (Å²) < 4.78 is 6.21. The van der Waals surface area contributed by atoms with E-state index in [2.05, 4.69) is 15.5 Å². The van der Waals surface area contributed by atoms with Crippen molar-refractivity contribution < 1.29 is 14.3 Å². The smallest absolute Gasteiger partial charge is 0.295 e. The van der Waals surface area contributed by atoms with E-state index < -0.39 is 5.25 Å². The topological polar surface area (TPSA) is 81.2 Å². The number of rotatable bonds is 8. The molecular weight excluding hydrogens is 406 g/mol. The Hall–Kier alpha value is -2.71. The van der Waals surface area contributed by atoms with Crippen LogP contribution in [0.4, 0.5) is 5.69 Å². The summed E-state index contributed by atoms with van der Waals surface area (Å²) in [4.78, 5) is 24.7. The summed E-state index contributed by atoms with van der Waals surface area (Å²) in [6.07, 6.45) is 0.00238. The lowest BCUT2D eigenvalue weighted by Crippen LogP contribution is -2.19. The molecule has 29 heavy (non-hydrogen) atoms. The van der Waals surface area contributed by atoms with Gasteiger partial charge in [0.1, 0.15) is 5.25 Å². The van der Waals surface area contributed by atoms with Crippen LogP contribution in [0.1, 0.15) is 41.9 Å². The molecule has 0 saturated carbocycles. The molecule has 1 N–H and O–H groups in total. The van der Waals surface area contributed by atoms with Gasteiger partial charge in [-0.1, -0.05) is 59.3 Å². The van der Waals surface area contributed by atoms with Crippen molar-refractivity contribution in [3.8, 4) is 5.19 Å². The fraction of sp³-hybridized carbons (Fsp3) is 0.238. The molecule has 0 bridgehead atoms. The number of carbonyl (C=O) groups is 2. The largest absolute Gasteiger partial charge is 0.466 e. The molecule has 0 radical (unpaired) electrons. The quantitative estimate of drug-likeness (QED) is 0.402. The molecule has 2 aromatic carbocycles. The molecule has 0 aliphatic rings. The Balaban J connectivity index is 1.82. The first kappa shape index (κ1) is 21.0. The summed E-state index contributed by atoms with van der Waals surface area (Å²) in [6, 6.07) is 16.4. The Labute approximate surface area is 177 Å². The van der Waals surface area contributed by atoms with E-state index in [0.29, 0.717) is 20.8 Å². The Morgan fingerprint density at radius 3 is 2.52 bits per heavy atom. The molecule has 0 saturated heterocycles. The standard InChI is InChI=1S/C21H21N3O3S2/c1-13(2)27-20-23-24-21(29-20)28-18(15-8-5-4-6-9-15)19(26)22-17-11-7-10-16(12-17)14(3)25/h4-13,18H,1-3H3,(H,22,26). The van der Waals surface area contributed by atoms with Crippen molar-refractivity contribution >= 4 is 40.5 Å². The number of hydrogen-bond donors (Lipinski definition) is 1. The molecule has 150 valence electrons. The van der Waals surface area contributed by atoms with Crippen molar-refractivity contribution in [3.63, 3.8) is 0 Å². The highest BCUT2D eigenvalue weighted by atomic mass is 32.2. The minimum atomic E-state index is -0.531. The summed E-state index contributed by atoms with van der Waals surface area (Å²) in [6.45, 7) is 5.34. The van der Waals surface area contributed by atoms with Crippen molar-refractivity contribution in [1.29, 1.82) is 0 Å². The minimum absolute atomic E-state index is 0.00238. The third kappa shape index (κ3) is 5.88. The molecule has 0 spiro atoms. The second kappa shape index (κ2) is 9.67. The van der Waals surface area contributed by atoms with Gasteiger partial charge in [0.25, 0.3) is 5.19 Å². The molecule has 3 rings (SSSR count). The predicted molar refractivity (Wildman–Crippen MR) is 116 cm³/mol. The highest BCUT2D eigenvalue weighted by Crippen LogP contribution is 2.39. The summed E-state index contributed by atoms with van der Waals surface area (Å²) >= 11 is 2.62. The van der Waals surface area contributed by atoms with E-state index in [-0.39, 0.29) is 17.8 Å². The van der Waals surface area contributed by atoms with Gasteiger partial charge in [0.15, 0.2) is 10.1 Å². The van der Waals surface area contributed by atoms with Gasteiger partial charge in [-0.3, -0.25) is 9.59 Å². The van der Waals surface area contributed by atoms with Crippen LogP contribution in [0.3, 0.4) is 0 Å². The van der Waals surface area contributed by atoms with Gasteiger partial charge < -0.3 is 10.1 Å². The Bertz CT molecular complexity index is 990. The summed E-state index contributed by atoms with van der Waals surface area (Å²) in [7, 11) is 0. The maximum absolute atomic E-state index is 13.1. The van der Waals surface area contributed by atoms with Crippen LogP contribution in [0.2, 0.25) is 0 Å². The molecule has 1 unspecified atom stereocenters. The lowest BCUT2D eigenvalue weighted by Gasteiger charge is -2.16. The fourth-order valence-corrected chi connectivity index (χ4v) is 4.52. The molecule has 0 aliphatic heterocycles. The second-order valence-corrected chi connectivity index (χ2v) is 8.83. The SMILES string of the molecule is CC(=O)c1cccc(NC(=O)C(Sc2nnc(OC(C)C)s2)c2ccccc2)c1. The number of Topliss-reactive ketones (excluding diaryl/α,β-unsaturated/α-hetero) is 1. The van der Waals surface area contributed by atoms with Gasteiger partial charge in [-0.2, -0.15) is 0 Å². The maximum atomic E-state index is 13.1. The maximum Gasteiger partial charge on any atom is 0.295 e. The van der Waals surface area contributed by atoms with Crippen LogP contribution in [0, 0.1) is 0 Å². The monoisotopic (exact) mass is 427 g/mol. The van der Waals surface area contributed by atoms with E-state index in [1.54, 1.807) is 24.3 Å². The molecule has 0 fully saturated rings. The van der Waals surface area contributed by atoms with Gasteiger partial charge in [-0.05, 0) is 49.8 Å². The molecule has 1 amide bonds. The van der Waals surface area contributed by atoms with Gasteiger partial charge >= 0.3 is 0 Å². The van der Waals surface area contributed by atoms with Crippen LogP contribution in [-0.4, -0.2) is 28.0 Å². The van der Waals surface area contributed by atoms with Crippen LogP contribution < -0.4 is 10.1 Å². The lowest BCUT2D eigenvalue weighted by molar-refractivity contribution is -0.115. The van der Waals surface area contributed by atoms with Crippen LogP contribution in [-0.2, 0) is 4.79 Å². The van der Waals surface area contributed by atoms with Crippen molar-refractivity contribution in [2.24, 2.45) is 0 Å². The number of hydrogen-bond acceptors (Lipinski definition) is 7. The summed E-state index contributed by atoms with van der Waals surface area (Å²) in [5.74, 6) is -0.259. The Kier molecular flexibility index (Phi) is 7.00. The van der Waals surface area contributed by atoms with Crippen LogP contribution in [0.5, 0.6) is 5.19 Å². The van der Waals surface area contributed by atoms with Crippen LogP contribution in [0.25, 0.3) is 0 Å². The van der Waals surface area contributed by atoms with Gasteiger partial charge in [-0.15, -0.1) is 5.10 Å². The highest BCUT2D eigenvalue weighted by molar-refractivity contribution is 8.01. The summed E-state index contributed by atoms with van der Waals surface area (Å²) in [5, 5.41) is 11.0. The first-order valence-corrected chi connectivity index (χ1v) is 10.8. The second-order valence-electron chi connectivity index (χ2n) is 6.54. The number of anilines is 1.